The molecule has 1 aromatic heterocycles. The average molecular weight is 430 g/mol. The van der Waals surface area contributed by atoms with E-state index in [-0.39, 0.29) is 5.92 Å². The summed E-state index contributed by atoms with van der Waals surface area (Å²) in [5, 5.41) is 0. The Morgan fingerprint density at radius 2 is 2.11 bits per heavy atom. The van der Waals surface area contributed by atoms with E-state index in [9.17, 15) is 0 Å². The standard InChI is InChI=1S/C21H24BrN3O2/c1-13-10-16(11-14(2)23-13)20-18-6-8-27-9-7-25(18)21(24-20)15-4-5-17(22)19(12-15)26-3/h4-5,10,12,16H,6-9,11H2,1-3H3. The lowest BCUT2D eigenvalue weighted by Gasteiger charge is -2.17. The summed E-state index contributed by atoms with van der Waals surface area (Å²) in [6, 6.07) is 6.15. The van der Waals surface area contributed by atoms with E-state index >= 15 is 0 Å². The summed E-state index contributed by atoms with van der Waals surface area (Å²) < 4.78 is 14.5. The topological polar surface area (TPSA) is 48.6 Å². The van der Waals surface area contributed by atoms with Crippen molar-refractivity contribution in [3.8, 4) is 17.1 Å². The zero-order valence-electron chi connectivity index (χ0n) is 16.0. The van der Waals surface area contributed by atoms with E-state index in [0.717, 1.165) is 59.0 Å². The van der Waals surface area contributed by atoms with Crippen LogP contribution in [0, 0.1) is 0 Å². The Morgan fingerprint density at radius 1 is 1.26 bits per heavy atom. The van der Waals surface area contributed by atoms with Crippen molar-refractivity contribution in [2.75, 3.05) is 20.3 Å². The van der Waals surface area contributed by atoms with E-state index in [0.29, 0.717) is 6.61 Å². The number of hydrogen-bond acceptors (Lipinski definition) is 4. The van der Waals surface area contributed by atoms with Crippen LogP contribution in [0.15, 0.2) is 39.4 Å². The SMILES string of the molecule is COc1cc(-c2nc(C3C=C(C)N=C(C)C3)c3n2CCOCC3)ccc1Br. The average Bonchev–Trinajstić information content (AvgIpc) is 2.83. The van der Waals surface area contributed by atoms with Crippen molar-refractivity contribution in [3.63, 3.8) is 0 Å². The maximum Gasteiger partial charge on any atom is 0.140 e. The molecule has 27 heavy (non-hydrogen) atoms. The molecule has 1 atom stereocenters. The fraction of sp³-hybridized carbons (Fsp3) is 0.429. The Labute approximate surface area is 168 Å². The number of allylic oxidation sites excluding steroid dienone is 2. The van der Waals surface area contributed by atoms with Crippen molar-refractivity contribution in [2.45, 2.75) is 39.2 Å². The molecule has 0 spiro atoms. The third-order valence-electron chi connectivity index (χ3n) is 5.13. The highest BCUT2D eigenvalue weighted by Crippen LogP contribution is 2.36. The Hall–Kier alpha value is -1.92. The van der Waals surface area contributed by atoms with Gasteiger partial charge in [-0.15, -0.1) is 0 Å². The van der Waals surface area contributed by atoms with Gasteiger partial charge in [0, 0.05) is 41.5 Å². The first kappa shape index (κ1) is 18.4. The predicted molar refractivity (Wildman–Crippen MR) is 111 cm³/mol. The summed E-state index contributed by atoms with van der Waals surface area (Å²) in [6.45, 7) is 6.43. The lowest BCUT2D eigenvalue weighted by atomic mass is 9.93. The third kappa shape index (κ3) is 3.60. The fourth-order valence-electron chi connectivity index (χ4n) is 3.98. The van der Waals surface area contributed by atoms with Crippen LogP contribution in [-0.4, -0.2) is 35.6 Å². The molecule has 4 rings (SSSR count). The summed E-state index contributed by atoms with van der Waals surface area (Å²) in [4.78, 5) is 9.72. The Bertz CT molecular complexity index is 930. The first-order valence-electron chi connectivity index (χ1n) is 9.30. The van der Waals surface area contributed by atoms with Gasteiger partial charge in [0.05, 0.1) is 30.5 Å². The van der Waals surface area contributed by atoms with Gasteiger partial charge >= 0.3 is 0 Å². The predicted octanol–water partition coefficient (Wildman–Crippen LogP) is 4.75. The highest BCUT2D eigenvalue weighted by molar-refractivity contribution is 9.10. The molecule has 0 saturated carbocycles. The maximum atomic E-state index is 5.75. The Morgan fingerprint density at radius 3 is 2.89 bits per heavy atom. The van der Waals surface area contributed by atoms with Crippen LogP contribution in [0.5, 0.6) is 5.75 Å². The molecule has 0 amide bonds. The van der Waals surface area contributed by atoms with Crippen LogP contribution in [0.2, 0.25) is 0 Å². The van der Waals surface area contributed by atoms with Gasteiger partial charge < -0.3 is 14.0 Å². The summed E-state index contributed by atoms with van der Waals surface area (Å²) in [5.74, 6) is 2.07. The van der Waals surface area contributed by atoms with Gasteiger partial charge in [-0.2, -0.15) is 0 Å². The molecule has 6 heteroatoms. The van der Waals surface area contributed by atoms with E-state index in [1.54, 1.807) is 7.11 Å². The fourth-order valence-corrected chi connectivity index (χ4v) is 4.39. The zero-order valence-corrected chi connectivity index (χ0v) is 17.5. The van der Waals surface area contributed by atoms with Gasteiger partial charge in [0.2, 0.25) is 0 Å². The second kappa shape index (κ2) is 7.60. The van der Waals surface area contributed by atoms with E-state index in [1.807, 2.05) is 12.1 Å². The molecule has 0 saturated heterocycles. The maximum absolute atomic E-state index is 5.75. The molecule has 5 nitrogen and oxygen atoms in total. The molecule has 0 radical (unpaired) electrons. The van der Waals surface area contributed by atoms with E-state index in [1.165, 1.54) is 11.4 Å². The number of nitrogens with zero attached hydrogens (tertiary/aromatic N) is 3. The van der Waals surface area contributed by atoms with Gasteiger partial charge in [-0.25, -0.2) is 4.98 Å². The quantitative estimate of drug-likeness (QED) is 0.707. The van der Waals surface area contributed by atoms with Crippen LogP contribution in [-0.2, 0) is 17.7 Å². The molecule has 0 bridgehead atoms. The lowest BCUT2D eigenvalue weighted by molar-refractivity contribution is 0.140. The number of benzene rings is 1. The highest BCUT2D eigenvalue weighted by Gasteiger charge is 2.26. The number of ether oxygens (including phenoxy) is 2. The first-order valence-corrected chi connectivity index (χ1v) is 10.1. The van der Waals surface area contributed by atoms with Gasteiger partial charge in [0.25, 0.3) is 0 Å². The Balaban J connectivity index is 1.84. The molecule has 2 aromatic rings. The molecule has 142 valence electrons. The van der Waals surface area contributed by atoms with Crippen LogP contribution in [0.25, 0.3) is 11.4 Å². The van der Waals surface area contributed by atoms with Gasteiger partial charge in [-0.1, -0.05) is 6.08 Å². The van der Waals surface area contributed by atoms with Crippen LogP contribution in [0.3, 0.4) is 0 Å². The number of halogens is 1. The van der Waals surface area contributed by atoms with Crippen LogP contribution < -0.4 is 4.74 Å². The minimum absolute atomic E-state index is 0.271. The first-order chi connectivity index (χ1) is 13.1. The van der Waals surface area contributed by atoms with Crippen molar-refractivity contribution in [1.82, 2.24) is 9.55 Å². The summed E-state index contributed by atoms with van der Waals surface area (Å²) in [6.07, 6.45) is 4.05. The molecule has 0 fully saturated rings. The van der Waals surface area contributed by atoms with Crippen LogP contribution in [0.1, 0.15) is 37.6 Å². The molecule has 0 aliphatic carbocycles. The second-order valence-electron chi connectivity index (χ2n) is 7.10. The number of fused-ring (bicyclic) bond motifs is 1. The lowest BCUT2D eigenvalue weighted by Crippen LogP contribution is -2.11. The molecule has 1 unspecified atom stereocenters. The molecule has 0 N–H and O–H groups in total. The van der Waals surface area contributed by atoms with Gasteiger partial charge in [-0.05, 0) is 54.4 Å². The number of rotatable bonds is 3. The number of aliphatic imine (C=N–C) groups is 1. The number of imidazole rings is 1. The van der Waals surface area contributed by atoms with Gasteiger partial charge in [0.15, 0.2) is 0 Å². The van der Waals surface area contributed by atoms with Crippen molar-refractivity contribution in [1.29, 1.82) is 0 Å². The minimum Gasteiger partial charge on any atom is -0.496 e. The summed E-state index contributed by atoms with van der Waals surface area (Å²) in [7, 11) is 1.69. The zero-order chi connectivity index (χ0) is 19.0. The van der Waals surface area contributed by atoms with Crippen molar-refractivity contribution >= 4 is 21.6 Å². The number of aromatic nitrogens is 2. The van der Waals surface area contributed by atoms with Crippen LogP contribution in [0.4, 0.5) is 0 Å². The smallest absolute Gasteiger partial charge is 0.140 e. The normalized spacial score (nSPS) is 19.8. The number of hydrogen-bond donors (Lipinski definition) is 0. The molecule has 2 aliphatic rings. The van der Waals surface area contributed by atoms with Gasteiger partial charge in [-0.3, -0.25) is 4.99 Å². The minimum atomic E-state index is 0.271. The monoisotopic (exact) mass is 429 g/mol. The van der Waals surface area contributed by atoms with Crippen molar-refractivity contribution in [3.05, 3.63) is 45.8 Å². The van der Waals surface area contributed by atoms with Crippen LogP contribution >= 0.6 is 15.9 Å². The molecular formula is C21H24BrN3O2. The Kier molecular flexibility index (Phi) is 5.19. The molecule has 1 aromatic carbocycles. The van der Waals surface area contributed by atoms with E-state index < -0.39 is 0 Å². The molecule has 3 heterocycles. The van der Waals surface area contributed by atoms with Gasteiger partial charge in [0.1, 0.15) is 11.6 Å². The summed E-state index contributed by atoms with van der Waals surface area (Å²) in [5.41, 5.74) is 5.74. The number of methoxy groups -OCH3 is 1. The third-order valence-corrected chi connectivity index (χ3v) is 5.79. The molecule has 2 aliphatic heterocycles. The molecular weight excluding hydrogens is 406 g/mol. The summed E-state index contributed by atoms with van der Waals surface area (Å²) >= 11 is 3.54. The van der Waals surface area contributed by atoms with E-state index in [2.05, 4.69) is 51.5 Å². The van der Waals surface area contributed by atoms with Crippen molar-refractivity contribution < 1.29 is 9.47 Å². The largest absolute Gasteiger partial charge is 0.496 e. The highest BCUT2D eigenvalue weighted by atomic mass is 79.9. The van der Waals surface area contributed by atoms with Crippen molar-refractivity contribution in [2.24, 2.45) is 4.99 Å². The van der Waals surface area contributed by atoms with E-state index in [4.69, 9.17) is 14.5 Å². The second-order valence-corrected chi connectivity index (χ2v) is 7.95.